The van der Waals surface area contributed by atoms with E-state index in [4.69, 9.17) is 14.3 Å². The number of methoxy groups -OCH3 is 2. The second-order valence-corrected chi connectivity index (χ2v) is 4.12. The number of ether oxygens (including phenoxy) is 2. The first-order valence-electron chi connectivity index (χ1n) is 6.22. The molecule has 0 spiro atoms. The molecule has 1 aromatic heterocycles. The number of pyridine rings is 1. The highest BCUT2D eigenvalue weighted by atomic mass is 35.5. The highest BCUT2D eigenvalue weighted by molar-refractivity contribution is 5.85. The van der Waals surface area contributed by atoms with E-state index >= 15 is 0 Å². The Bertz CT molecular complexity index is 556. The van der Waals surface area contributed by atoms with E-state index in [1.54, 1.807) is 27.4 Å². The highest BCUT2D eigenvalue weighted by Gasteiger charge is 2.19. The predicted molar refractivity (Wildman–Crippen MR) is 90.3 cm³/mol. The normalized spacial score (nSPS) is 10.9. The number of nitrogens with one attached hydrogen (secondary N) is 1. The van der Waals surface area contributed by atoms with Gasteiger partial charge in [-0.05, 0) is 11.6 Å². The maximum Gasteiger partial charge on any atom is 0.221 e. The summed E-state index contributed by atoms with van der Waals surface area (Å²) >= 11 is 0. The van der Waals surface area contributed by atoms with Crippen molar-refractivity contribution in [2.75, 3.05) is 21.3 Å². The van der Waals surface area contributed by atoms with Crippen LogP contribution in [-0.4, -0.2) is 26.3 Å². The van der Waals surface area contributed by atoms with Crippen LogP contribution in [-0.2, 0) is 4.84 Å². The fourth-order valence-corrected chi connectivity index (χ4v) is 2.01. The molecule has 0 aliphatic heterocycles. The molecule has 1 N–H and O–H groups in total. The van der Waals surface area contributed by atoms with Gasteiger partial charge in [0, 0.05) is 11.6 Å². The molecule has 1 aromatic carbocycles. The highest BCUT2D eigenvalue weighted by Crippen LogP contribution is 2.30. The van der Waals surface area contributed by atoms with Crippen LogP contribution in [0.3, 0.4) is 0 Å². The van der Waals surface area contributed by atoms with Gasteiger partial charge in [-0.3, -0.25) is 0 Å². The number of nitrogens with zero attached hydrogens (tertiary/aromatic N) is 1. The number of hydroxylamine groups is 1. The Morgan fingerprint density at radius 2 is 1.59 bits per heavy atom. The molecule has 7 heteroatoms. The zero-order chi connectivity index (χ0) is 14.4. The van der Waals surface area contributed by atoms with Gasteiger partial charge in [0.1, 0.15) is 0 Å². The minimum Gasteiger partial charge on any atom is -0.481 e. The molecule has 2 aromatic rings. The second kappa shape index (κ2) is 10.2. The van der Waals surface area contributed by atoms with Crippen LogP contribution in [0.5, 0.6) is 11.8 Å². The molecule has 1 unspecified atom stereocenters. The fraction of sp³-hybridized carbons (Fsp3) is 0.267. The Morgan fingerprint density at radius 1 is 0.909 bits per heavy atom. The van der Waals surface area contributed by atoms with E-state index in [9.17, 15) is 0 Å². The number of hydrogen-bond acceptors (Lipinski definition) is 5. The van der Waals surface area contributed by atoms with Gasteiger partial charge in [-0.2, -0.15) is 10.5 Å². The number of aromatic nitrogens is 1. The fourth-order valence-electron chi connectivity index (χ4n) is 2.01. The zero-order valence-electron chi connectivity index (χ0n) is 12.6. The molecule has 0 radical (unpaired) electrons. The first-order valence-corrected chi connectivity index (χ1v) is 6.22. The molecule has 2 rings (SSSR count). The summed E-state index contributed by atoms with van der Waals surface area (Å²) in [6, 6.07) is 13.5. The Labute approximate surface area is 142 Å². The van der Waals surface area contributed by atoms with E-state index in [2.05, 4.69) is 10.5 Å². The van der Waals surface area contributed by atoms with Crippen LogP contribution >= 0.6 is 24.8 Å². The minimum absolute atomic E-state index is 0. The van der Waals surface area contributed by atoms with E-state index in [0.717, 1.165) is 11.1 Å². The Morgan fingerprint density at radius 3 is 2.14 bits per heavy atom. The molecule has 0 aliphatic carbocycles. The number of benzene rings is 1. The van der Waals surface area contributed by atoms with Gasteiger partial charge in [-0.15, -0.1) is 24.8 Å². The maximum atomic E-state index is 5.35. The molecule has 0 aliphatic rings. The summed E-state index contributed by atoms with van der Waals surface area (Å²) < 4.78 is 10.5. The van der Waals surface area contributed by atoms with Crippen molar-refractivity contribution in [3.8, 4) is 11.8 Å². The second-order valence-electron chi connectivity index (χ2n) is 4.12. The summed E-state index contributed by atoms with van der Waals surface area (Å²) in [4.78, 5) is 9.40. The van der Waals surface area contributed by atoms with E-state index in [-0.39, 0.29) is 30.9 Å². The molecular formula is C15H20Cl2N2O3. The summed E-state index contributed by atoms with van der Waals surface area (Å²) in [6.07, 6.45) is 0. The van der Waals surface area contributed by atoms with Crippen LogP contribution in [0.25, 0.3) is 0 Å². The Balaban J connectivity index is 0.00000220. The SMILES string of the molecule is CONC(c1ccccc1)c1ccc(OC)nc1OC.Cl.Cl. The van der Waals surface area contributed by atoms with Gasteiger partial charge in [0.25, 0.3) is 0 Å². The first-order chi connectivity index (χ1) is 9.80. The van der Waals surface area contributed by atoms with Crippen molar-refractivity contribution in [3.05, 3.63) is 53.6 Å². The van der Waals surface area contributed by atoms with Gasteiger partial charge in [-0.1, -0.05) is 30.3 Å². The third-order valence-corrected chi connectivity index (χ3v) is 2.95. The summed E-state index contributed by atoms with van der Waals surface area (Å²) in [5, 5.41) is 0. The topological polar surface area (TPSA) is 52.6 Å². The van der Waals surface area contributed by atoms with Gasteiger partial charge >= 0.3 is 0 Å². The zero-order valence-corrected chi connectivity index (χ0v) is 14.2. The van der Waals surface area contributed by atoms with E-state index in [1.165, 1.54) is 0 Å². The quantitative estimate of drug-likeness (QED) is 0.814. The van der Waals surface area contributed by atoms with Crippen LogP contribution in [0.2, 0.25) is 0 Å². The average Bonchev–Trinajstić information content (AvgIpc) is 2.53. The van der Waals surface area contributed by atoms with Crippen molar-refractivity contribution in [2.45, 2.75) is 6.04 Å². The van der Waals surface area contributed by atoms with Crippen LogP contribution in [0.4, 0.5) is 0 Å². The number of halogens is 2. The Kier molecular flexibility index (Phi) is 9.53. The number of hydrogen-bond donors (Lipinski definition) is 1. The van der Waals surface area contributed by atoms with E-state index in [0.29, 0.717) is 11.8 Å². The van der Waals surface area contributed by atoms with Crippen molar-refractivity contribution >= 4 is 24.8 Å². The molecular weight excluding hydrogens is 327 g/mol. The van der Waals surface area contributed by atoms with Gasteiger partial charge in [0.2, 0.25) is 11.8 Å². The van der Waals surface area contributed by atoms with E-state index < -0.39 is 0 Å². The summed E-state index contributed by atoms with van der Waals surface area (Å²) in [5.41, 5.74) is 4.90. The molecule has 122 valence electrons. The van der Waals surface area contributed by atoms with Crippen molar-refractivity contribution in [3.63, 3.8) is 0 Å². The maximum absolute atomic E-state index is 5.35. The molecule has 1 heterocycles. The van der Waals surface area contributed by atoms with Gasteiger partial charge < -0.3 is 14.3 Å². The molecule has 0 bridgehead atoms. The molecule has 0 amide bonds. The summed E-state index contributed by atoms with van der Waals surface area (Å²) in [5.74, 6) is 1.01. The lowest BCUT2D eigenvalue weighted by Gasteiger charge is -2.20. The lowest BCUT2D eigenvalue weighted by atomic mass is 10.0. The molecule has 22 heavy (non-hydrogen) atoms. The van der Waals surface area contributed by atoms with Crippen LogP contribution in [0.15, 0.2) is 42.5 Å². The Hall–Kier alpha value is -1.53. The van der Waals surface area contributed by atoms with Crippen LogP contribution in [0.1, 0.15) is 17.2 Å². The molecule has 0 saturated carbocycles. The standard InChI is InChI=1S/C15H18N2O3.2ClH/c1-18-13-10-9-12(15(16-13)19-2)14(17-20-3)11-7-5-4-6-8-11;;/h4-10,14,17H,1-3H3;2*1H. The average molecular weight is 347 g/mol. The van der Waals surface area contributed by atoms with Gasteiger partial charge in [0.05, 0.1) is 27.4 Å². The number of rotatable bonds is 6. The van der Waals surface area contributed by atoms with E-state index in [1.807, 2.05) is 36.4 Å². The van der Waals surface area contributed by atoms with Crippen molar-refractivity contribution in [1.29, 1.82) is 0 Å². The monoisotopic (exact) mass is 346 g/mol. The minimum atomic E-state index is -0.172. The third-order valence-electron chi connectivity index (χ3n) is 2.95. The molecule has 5 nitrogen and oxygen atoms in total. The van der Waals surface area contributed by atoms with Crippen molar-refractivity contribution in [2.24, 2.45) is 0 Å². The summed E-state index contributed by atoms with van der Waals surface area (Å²) in [6.45, 7) is 0. The van der Waals surface area contributed by atoms with Crippen LogP contribution < -0.4 is 15.0 Å². The molecule has 0 fully saturated rings. The molecule has 1 atom stereocenters. The first kappa shape index (κ1) is 20.5. The lowest BCUT2D eigenvalue weighted by molar-refractivity contribution is 0.0707. The lowest BCUT2D eigenvalue weighted by Crippen LogP contribution is -2.22. The van der Waals surface area contributed by atoms with Crippen molar-refractivity contribution < 1.29 is 14.3 Å². The summed E-state index contributed by atoms with van der Waals surface area (Å²) in [7, 11) is 4.74. The predicted octanol–water partition coefficient (Wildman–Crippen LogP) is 3.18. The third kappa shape index (κ3) is 4.74. The molecule has 0 saturated heterocycles. The smallest absolute Gasteiger partial charge is 0.221 e. The van der Waals surface area contributed by atoms with Crippen LogP contribution in [0, 0.1) is 0 Å². The van der Waals surface area contributed by atoms with Gasteiger partial charge in [0.15, 0.2) is 0 Å². The van der Waals surface area contributed by atoms with Crippen molar-refractivity contribution in [1.82, 2.24) is 10.5 Å². The largest absolute Gasteiger partial charge is 0.481 e. The van der Waals surface area contributed by atoms with Gasteiger partial charge in [-0.25, -0.2) is 0 Å².